The van der Waals surface area contributed by atoms with Crippen molar-refractivity contribution in [3.63, 3.8) is 0 Å². The van der Waals surface area contributed by atoms with Crippen molar-refractivity contribution >= 4 is 29.3 Å². The van der Waals surface area contributed by atoms with E-state index >= 15 is 0 Å². The summed E-state index contributed by atoms with van der Waals surface area (Å²) >= 11 is 5.97. The van der Waals surface area contributed by atoms with Crippen LogP contribution >= 0.6 is 11.6 Å². The summed E-state index contributed by atoms with van der Waals surface area (Å²) < 4.78 is 3.42. The molecule has 1 amide bonds. The Kier molecular flexibility index (Phi) is 4.77. The van der Waals surface area contributed by atoms with Gasteiger partial charge in [-0.2, -0.15) is 10.2 Å². The summed E-state index contributed by atoms with van der Waals surface area (Å²) in [4.78, 5) is 11.9. The molecule has 3 aromatic rings. The normalized spacial score (nSPS) is 11.1. The van der Waals surface area contributed by atoms with Gasteiger partial charge in [-0.3, -0.25) is 14.2 Å². The fourth-order valence-electron chi connectivity index (χ4n) is 2.22. The Morgan fingerprint density at radius 3 is 2.92 bits per heavy atom. The average Bonchev–Trinajstić information content (AvgIpc) is 3.14. The molecule has 0 saturated heterocycles. The number of hydrogen-bond acceptors (Lipinski definition) is 3. The molecule has 122 valence electrons. The third-order valence-corrected chi connectivity index (χ3v) is 3.52. The topological polar surface area (TPSA) is 64.7 Å². The summed E-state index contributed by atoms with van der Waals surface area (Å²) in [6, 6.07) is 7.59. The smallest absolute Gasteiger partial charge is 0.248 e. The van der Waals surface area contributed by atoms with Crippen LogP contribution in [0.15, 0.2) is 55.1 Å². The first kappa shape index (κ1) is 16.0. The highest BCUT2D eigenvalue weighted by Crippen LogP contribution is 2.13. The van der Waals surface area contributed by atoms with Crippen LogP contribution < -0.4 is 5.32 Å². The van der Waals surface area contributed by atoms with Crippen LogP contribution in [0.2, 0.25) is 5.02 Å². The van der Waals surface area contributed by atoms with Crippen LogP contribution in [-0.2, 0) is 18.4 Å². The lowest BCUT2D eigenvalue weighted by Gasteiger charge is -2.02. The van der Waals surface area contributed by atoms with Crippen LogP contribution in [0.4, 0.5) is 5.69 Å². The number of nitrogens with zero attached hydrogens (tertiary/aromatic N) is 4. The van der Waals surface area contributed by atoms with Crippen molar-refractivity contribution in [2.24, 2.45) is 7.05 Å². The molecule has 1 aromatic carbocycles. The zero-order valence-electron chi connectivity index (χ0n) is 13.1. The Bertz CT molecular complexity index is 881. The van der Waals surface area contributed by atoms with E-state index in [9.17, 15) is 4.79 Å². The van der Waals surface area contributed by atoms with Crippen LogP contribution in [-0.4, -0.2) is 25.5 Å². The second kappa shape index (κ2) is 7.14. The molecule has 3 rings (SSSR count). The SMILES string of the molecule is Cn1cc(/C=C/C(=O)Nc2cnn(Cc3cccc(Cl)c3)c2)cn1. The Morgan fingerprint density at radius 2 is 2.17 bits per heavy atom. The summed E-state index contributed by atoms with van der Waals surface area (Å²) in [5.41, 5.74) is 2.54. The van der Waals surface area contributed by atoms with Gasteiger partial charge in [0.15, 0.2) is 0 Å². The summed E-state index contributed by atoms with van der Waals surface area (Å²) in [5.74, 6) is -0.221. The molecule has 6 nitrogen and oxygen atoms in total. The van der Waals surface area contributed by atoms with E-state index in [1.165, 1.54) is 6.08 Å². The van der Waals surface area contributed by atoms with Crippen molar-refractivity contribution in [3.05, 3.63) is 71.3 Å². The van der Waals surface area contributed by atoms with Crippen molar-refractivity contribution in [2.75, 3.05) is 5.32 Å². The number of halogens is 1. The van der Waals surface area contributed by atoms with E-state index in [0.29, 0.717) is 17.3 Å². The zero-order chi connectivity index (χ0) is 16.9. The Balaban J connectivity index is 1.59. The van der Waals surface area contributed by atoms with Gasteiger partial charge in [-0.25, -0.2) is 0 Å². The molecule has 0 fully saturated rings. The third kappa shape index (κ3) is 4.33. The quantitative estimate of drug-likeness (QED) is 0.726. The van der Waals surface area contributed by atoms with E-state index in [2.05, 4.69) is 15.5 Å². The van der Waals surface area contributed by atoms with Crippen LogP contribution in [0.1, 0.15) is 11.1 Å². The molecule has 0 saturated carbocycles. The van der Waals surface area contributed by atoms with Gasteiger partial charge in [0.2, 0.25) is 5.91 Å². The minimum absolute atomic E-state index is 0.221. The van der Waals surface area contributed by atoms with E-state index in [4.69, 9.17) is 11.6 Å². The molecule has 0 aliphatic carbocycles. The molecule has 0 atom stereocenters. The van der Waals surface area contributed by atoms with Crippen molar-refractivity contribution in [1.82, 2.24) is 19.6 Å². The van der Waals surface area contributed by atoms with Gasteiger partial charge in [-0.1, -0.05) is 23.7 Å². The molecule has 1 N–H and O–H groups in total. The molecule has 0 bridgehead atoms. The minimum Gasteiger partial charge on any atom is -0.320 e. The number of carbonyl (C=O) groups is 1. The molecule has 7 heteroatoms. The molecule has 0 radical (unpaired) electrons. The number of aryl methyl sites for hydroxylation is 1. The van der Waals surface area contributed by atoms with Crippen molar-refractivity contribution in [2.45, 2.75) is 6.54 Å². The van der Waals surface area contributed by atoms with Gasteiger partial charge in [0, 0.05) is 36.1 Å². The first-order chi connectivity index (χ1) is 11.6. The van der Waals surface area contributed by atoms with Gasteiger partial charge in [-0.05, 0) is 23.8 Å². The maximum absolute atomic E-state index is 11.9. The highest BCUT2D eigenvalue weighted by molar-refractivity contribution is 6.30. The lowest BCUT2D eigenvalue weighted by molar-refractivity contribution is -0.111. The summed E-state index contributed by atoms with van der Waals surface area (Å²) in [6.45, 7) is 0.585. The largest absolute Gasteiger partial charge is 0.320 e. The molecule has 24 heavy (non-hydrogen) atoms. The number of aromatic nitrogens is 4. The lowest BCUT2D eigenvalue weighted by Crippen LogP contribution is -2.07. The minimum atomic E-state index is -0.221. The molecule has 0 spiro atoms. The summed E-state index contributed by atoms with van der Waals surface area (Å²) in [5, 5.41) is 11.7. The molecule has 0 aliphatic heterocycles. The van der Waals surface area contributed by atoms with Crippen molar-refractivity contribution < 1.29 is 4.79 Å². The second-order valence-electron chi connectivity index (χ2n) is 5.33. The van der Waals surface area contributed by atoms with E-state index in [0.717, 1.165) is 11.1 Å². The van der Waals surface area contributed by atoms with Crippen LogP contribution in [0.5, 0.6) is 0 Å². The molecular formula is C17H16ClN5O. The van der Waals surface area contributed by atoms with Crippen molar-refractivity contribution in [1.29, 1.82) is 0 Å². The van der Waals surface area contributed by atoms with Gasteiger partial charge in [0.1, 0.15) is 0 Å². The van der Waals surface area contributed by atoms with Gasteiger partial charge in [0.05, 0.1) is 24.6 Å². The van der Waals surface area contributed by atoms with Gasteiger partial charge >= 0.3 is 0 Å². The number of carbonyl (C=O) groups excluding carboxylic acids is 1. The molecule has 2 aromatic heterocycles. The van der Waals surface area contributed by atoms with E-state index in [-0.39, 0.29) is 5.91 Å². The fourth-order valence-corrected chi connectivity index (χ4v) is 2.43. The maximum Gasteiger partial charge on any atom is 0.248 e. The van der Waals surface area contributed by atoms with E-state index < -0.39 is 0 Å². The molecule has 0 aliphatic rings. The van der Waals surface area contributed by atoms with E-state index in [1.807, 2.05) is 37.5 Å². The first-order valence-corrected chi connectivity index (χ1v) is 7.71. The van der Waals surface area contributed by atoms with Gasteiger partial charge < -0.3 is 5.32 Å². The highest BCUT2D eigenvalue weighted by atomic mass is 35.5. The Morgan fingerprint density at radius 1 is 1.29 bits per heavy atom. The van der Waals surface area contributed by atoms with Crippen LogP contribution in [0.3, 0.4) is 0 Å². The second-order valence-corrected chi connectivity index (χ2v) is 5.76. The first-order valence-electron chi connectivity index (χ1n) is 7.33. The number of anilines is 1. The van der Waals surface area contributed by atoms with Crippen LogP contribution in [0, 0.1) is 0 Å². The lowest BCUT2D eigenvalue weighted by atomic mass is 10.2. The highest BCUT2D eigenvalue weighted by Gasteiger charge is 2.03. The fraction of sp³-hybridized carbons (Fsp3) is 0.118. The Hall–Kier alpha value is -2.86. The van der Waals surface area contributed by atoms with Gasteiger partial charge in [-0.15, -0.1) is 0 Å². The number of amides is 1. The average molecular weight is 342 g/mol. The molecule has 2 heterocycles. The Labute approximate surface area is 144 Å². The number of hydrogen-bond donors (Lipinski definition) is 1. The van der Waals surface area contributed by atoms with E-state index in [1.54, 1.807) is 34.0 Å². The number of rotatable bonds is 5. The third-order valence-electron chi connectivity index (χ3n) is 3.29. The molecule has 0 unspecified atom stereocenters. The van der Waals surface area contributed by atoms with Gasteiger partial charge in [0.25, 0.3) is 0 Å². The summed E-state index contributed by atoms with van der Waals surface area (Å²) in [7, 11) is 1.83. The monoisotopic (exact) mass is 341 g/mol. The zero-order valence-corrected chi connectivity index (χ0v) is 13.8. The van der Waals surface area contributed by atoms with Crippen LogP contribution in [0.25, 0.3) is 6.08 Å². The summed E-state index contributed by atoms with van der Waals surface area (Å²) in [6.07, 6.45) is 10.1. The standard InChI is InChI=1S/C17H16ClN5O/c1-22-10-14(8-19-22)5-6-17(24)21-16-9-20-23(12-16)11-13-3-2-4-15(18)7-13/h2-10,12H,11H2,1H3,(H,21,24)/b6-5+. The number of nitrogens with one attached hydrogen (secondary N) is 1. The molecular weight excluding hydrogens is 326 g/mol. The predicted molar refractivity (Wildman–Crippen MR) is 93.7 cm³/mol. The maximum atomic E-state index is 11.9. The van der Waals surface area contributed by atoms with Crippen molar-refractivity contribution in [3.8, 4) is 0 Å². The predicted octanol–water partition coefficient (Wildman–Crippen LogP) is 2.97. The number of benzene rings is 1.